The Morgan fingerprint density at radius 1 is 1.21 bits per heavy atom. The molecule has 4 nitrogen and oxygen atoms in total. The monoisotopic (exact) mass is 342 g/mol. The number of benzene rings is 2. The number of carbonyl (C=O) groups is 2. The molecule has 24 heavy (non-hydrogen) atoms. The lowest BCUT2D eigenvalue weighted by molar-refractivity contribution is -0.126. The second-order valence-corrected chi connectivity index (χ2v) is 6.47. The predicted octanol–water partition coefficient (Wildman–Crippen LogP) is 3.32. The summed E-state index contributed by atoms with van der Waals surface area (Å²) >= 11 is 5.85. The molecule has 3 rings (SSSR count). The number of hydrogen-bond donors (Lipinski definition) is 1. The Bertz CT molecular complexity index is 758. The number of halogens is 1. The van der Waals surface area contributed by atoms with E-state index >= 15 is 0 Å². The summed E-state index contributed by atoms with van der Waals surface area (Å²) in [6.45, 7) is 2.83. The Morgan fingerprint density at radius 3 is 2.62 bits per heavy atom. The van der Waals surface area contributed by atoms with Gasteiger partial charge >= 0.3 is 0 Å². The smallest absolute Gasteiger partial charge is 0.227 e. The number of anilines is 1. The maximum absolute atomic E-state index is 12.4. The predicted molar refractivity (Wildman–Crippen MR) is 94.9 cm³/mol. The van der Waals surface area contributed by atoms with Gasteiger partial charge in [0.15, 0.2) is 0 Å². The molecule has 1 unspecified atom stereocenters. The van der Waals surface area contributed by atoms with Crippen LogP contribution >= 0.6 is 11.6 Å². The Kier molecular flexibility index (Phi) is 4.86. The minimum atomic E-state index is -0.315. The molecular weight excluding hydrogens is 324 g/mol. The summed E-state index contributed by atoms with van der Waals surface area (Å²) in [5.74, 6) is -0.408. The summed E-state index contributed by atoms with van der Waals surface area (Å²) in [6, 6.07) is 15.1. The van der Waals surface area contributed by atoms with Crippen molar-refractivity contribution in [3.63, 3.8) is 0 Å². The molecule has 1 atom stereocenters. The minimum Gasteiger partial charge on any atom is -0.352 e. The SMILES string of the molecule is Cc1ccccc1N1CC(C(=O)NCc2ccc(Cl)cc2)CC1=O. The van der Waals surface area contributed by atoms with Gasteiger partial charge in [0.1, 0.15) is 0 Å². The summed E-state index contributed by atoms with van der Waals surface area (Å²) in [4.78, 5) is 26.4. The molecule has 1 aliphatic heterocycles. The molecule has 0 bridgehead atoms. The molecule has 2 amide bonds. The highest BCUT2D eigenvalue weighted by Gasteiger charge is 2.35. The molecule has 0 saturated carbocycles. The first kappa shape index (κ1) is 16.5. The van der Waals surface area contributed by atoms with Gasteiger partial charge in [-0.3, -0.25) is 9.59 Å². The Balaban J connectivity index is 1.62. The van der Waals surface area contributed by atoms with Crippen molar-refractivity contribution in [1.29, 1.82) is 0 Å². The maximum Gasteiger partial charge on any atom is 0.227 e. The van der Waals surface area contributed by atoms with E-state index in [9.17, 15) is 9.59 Å². The highest BCUT2D eigenvalue weighted by atomic mass is 35.5. The van der Waals surface area contributed by atoms with Crippen LogP contribution in [0.2, 0.25) is 5.02 Å². The minimum absolute atomic E-state index is 0.00376. The largest absolute Gasteiger partial charge is 0.352 e. The van der Waals surface area contributed by atoms with E-state index in [2.05, 4.69) is 5.32 Å². The van der Waals surface area contributed by atoms with E-state index in [0.717, 1.165) is 16.8 Å². The summed E-state index contributed by atoms with van der Waals surface area (Å²) < 4.78 is 0. The maximum atomic E-state index is 12.4. The molecule has 1 heterocycles. The fraction of sp³-hybridized carbons (Fsp3) is 0.263. The first-order chi connectivity index (χ1) is 11.5. The highest BCUT2D eigenvalue weighted by molar-refractivity contribution is 6.30. The topological polar surface area (TPSA) is 49.4 Å². The van der Waals surface area contributed by atoms with Gasteiger partial charge in [-0.05, 0) is 36.2 Å². The van der Waals surface area contributed by atoms with Crippen molar-refractivity contribution < 1.29 is 9.59 Å². The van der Waals surface area contributed by atoms with E-state index in [1.807, 2.05) is 43.3 Å². The van der Waals surface area contributed by atoms with Gasteiger partial charge in [-0.15, -0.1) is 0 Å². The third kappa shape index (κ3) is 3.60. The normalized spacial score (nSPS) is 17.2. The number of nitrogens with zero attached hydrogens (tertiary/aromatic N) is 1. The van der Waals surface area contributed by atoms with E-state index in [1.54, 1.807) is 17.0 Å². The molecule has 1 fully saturated rings. The van der Waals surface area contributed by atoms with E-state index in [4.69, 9.17) is 11.6 Å². The Hall–Kier alpha value is -2.33. The van der Waals surface area contributed by atoms with Crippen LogP contribution < -0.4 is 10.2 Å². The Morgan fingerprint density at radius 2 is 1.92 bits per heavy atom. The summed E-state index contributed by atoms with van der Waals surface area (Å²) in [7, 11) is 0. The number of amides is 2. The van der Waals surface area contributed by atoms with Gasteiger partial charge < -0.3 is 10.2 Å². The van der Waals surface area contributed by atoms with Crippen LogP contribution in [-0.2, 0) is 16.1 Å². The lowest BCUT2D eigenvalue weighted by Gasteiger charge is -2.19. The first-order valence-corrected chi connectivity index (χ1v) is 8.30. The zero-order valence-corrected chi connectivity index (χ0v) is 14.2. The number of hydrogen-bond acceptors (Lipinski definition) is 2. The average Bonchev–Trinajstić information content (AvgIpc) is 2.96. The van der Waals surface area contributed by atoms with Crippen molar-refractivity contribution in [1.82, 2.24) is 5.32 Å². The van der Waals surface area contributed by atoms with Crippen molar-refractivity contribution in [3.8, 4) is 0 Å². The third-order valence-electron chi connectivity index (χ3n) is 4.28. The van der Waals surface area contributed by atoms with Gasteiger partial charge in [0, 0.05) is 30.2 Å². The van der Waals surface area contributed by atoms with Crippen LogP contribution in [0.3, 0.4) is 0 Å². The molecule has 0 spiro atoms. The van der Waals surface area contributed by atoms with Crippen molar-refractivity contribution in [2.45, 2.75) is 19.9 Å². The molecule has 0 aromatic heterocycles. The quantitative estimate of drug-likeness (QED) is 0.926. The average molecular weight is 343 g/mol. The van der Waals surface area contributed by atoms with Gasteiger partial charge in [-0.1, -0.05) is 41.9 Å². The van der Waals surface area contributed by atoms with Gasteiger partial charge in [-0.25, -0.2) is 0 Å². The third-order valence-corrected chi connectivity index (χ3v) is 4.53. The number of carbonyl (C=O) groups excluding carboxylic acids is 2. The van der Waals surface area contributed by atoms with Crippen LogP contribution in [0, 0.1) is 12.8 Å². The van der Waals surface area contributed by atoms with Crippen LogP contribution in [-0.4, -0.2) is 18.4 Å². The molecular formula is C19H19ClN2O2. The zero-order valence-electron chi connectivity index (χ0n) is 13.5. The molecule has 2 aromatic carbocycles. The number of nitrogens with one attached hydrogen (secondary N) is 1. The second-order valence-electron chi connectivity index (χ2n) is 6.04. The zero-order chi connectivity index (χ0) is 17.1. The van der Waals surface area contributed by atoms with Crippen LogP contribution in [0.5, 0.6) is 0 Å². The van der Waals surface area contributed by atoms with Crippen LogP contribution in [0.4, 0.5) is 5.69 Å². The lowest BCUT2D eigenvalue weighted by atomic mass is 10.1. The highest BCUT2D eigenvalue weighted by Crippen LogP contribution is 2.27. The van der Waals surface area contributed by atoms with E-state index in [-0.39, 0.29) is 24.2 Å². The second kappa shape index (κ2) is 7.05. The number of rotatable bonds is 4. The molecule has 0 aliphatic carbocycles. The number of para-hydroxylation sites is 1. The van der Waals surface area contributed by atoms with E-state index in [1.165, 1.54) is 0 Å². The fourth-order valence-corrected chi connectivity index (χ4v) is 3.04. The first-order valence-electron chi connectivity index (χ1n) is 7.93. The lowest BCUT2D eigenvalue weighted by Crippen LogP contribution is -2.32. The van der Waals surface area contributed by atoms with Crippen LogP contribution in [0.25, 0.3) is 0 Å². The molecule has 1 N–H and O–H groups in total. The van der Waals surface area contributed by atoms with E-state index in [0.29, 0.717) is 18.1 Å². The molecule has 2 aromatic rings. The molecule has 5 heteroatoms. The molecule has 1 saturated heterocycles. The van der Waals surface area contributed by atoms with Gasteiger partial charge in [0.05, 0.1) is 5.92 Å². The van der Waals surface area contributed by atoms with Crippen molar-refractivity contribution in [2.75, 3.05) is 11.4 Å². The molecule has 1 aliphatic rings. The molecule has 0 radical (unpaired) electrons. The van der Waals surface area contributed by atoms with Crippen molar-refractivity contribution in [3.05, 3.63) is 64.7 Å². The number of aryl methyl sites for hydroxylation is 1. The van der Waals surface area contributed by atoms with Crippen LogP contribution in [0.1, 0.15) is 17.5 Å². The van der Waals surface area contributed by atoms with Gasteiger partial charge in [0.2, 0.25) is 11.8 Å². The van der Waals surface area contributed by atoms with Crippen molar-refractivity contribution >= 4 is 29.1 Å². The summed E-state index contributed by atoms with van der Waals surface area (Å²) in [6.07, 6.45) is 0.251. The Labute approximate surface area is 146 Å². The van der Waals surface area contributed by atoms with Crippen molar-refractivity contribution in [2.24, 2.45) is 5.92 Å². The standard InChI is InChI=1S/C19H19ClN2O2/c1-13-4-2-3-5-17(13)22-12-15(10-18(22)23)19(24)21-11-14-6-8-16(20)9-7-14/h2-9,15H,10-12H2,1H3,(H,21,24). The van der Waals surface area contributed by atoms with Crippen LogP contribution in [0.15, 0.2) is 48.5 Å². The summed E-state index contributed by atoms with van der Waals surface area (Å²) in [5.41, 5.74) is 2.90. The molecule has 124 valence electrons. The summed E-state index contributed by atoms with van der Waals surface area (Å²) in [5, 5.41) is 3.57. The van der Waals surface area contributed by atoms with E-state index < -0.39 is 0 Å². The van der Waals surface area contributed by atoms with Gasteiger partial charge in [0.25, 0.3) is 0 Å². The fourth-order valence-electron chi connectivity index (χ4n) is 2.92. The van der Waals surface area contributed by atoms with Gasteiger partial charge in [-0.2, -0.15) is 0 Å².